The number of anilines is 1. The lowest BCUT2D eigenvalue weighted by Gasteiger charge is -2.21. The molecule has 0 atom stereocenters. The van der Waals surface area contributed by atoms with Gasteiger partial charge in [-0.2, -0.15) is 0 Å². The maximum atomic E-state index is 10.6. The van der Waals surface area contributed by atoms with Gasteiger partial charge in [0, 0.05) is 31.4 Å². The first-order valence-corrected chi connectivity index (χ1v) is 7.30. The van der Waals surface area contributed by atoms with Crippen LogP contribution in [0.3, 0.4) is 0 Å². The Morgan fingerprint density at radius 1 is 1.22 bits per heavy atom. The average molecular weight is 331 g/mol. The average Bonchev–Trinajstić information content (AvgIpc) is 2.56. The first-order chi connectivity index (χ1) is 11.0. The number of thiocarbonyl (C=S) groups is 1. The zero-order valence-corrected chi connectivity index (χ0v) is 13.7. The number of benzene rings is 2. The molecule has 0 aliphatic carbocycles. The second-order valence-electron chi connectivity index (χ2n) is 4.94. The summed E-state index contributed by atoms with van der Waals surface area (Å²) in [5.74, 6) is 0.808. The lowest BCUT2D eigenvalue weighted by atomic mass is 10.2. The summed E-state index contributed by atoms with van der Waals surface area (Å²) in [6, 6.07) is 13.9. The minimum Gasteiger partial charge on any atom is -0.497 e. The normalized spacial score (nSPS) is 10.0. The second kappa shape index (κ2) is 7.55. The molecule has 7 heteroatoms. The number of ether oxygens (including phenoxy) is 1. The number of nitrogens with zero attached hydrogens (tertiary/aromatic N) is 2. The maximum absolute atomic E-state index is 10.6. The molecule has 120 valence electrons. The fourth-order valence-electron chi connectivity index (χ4n) is 1.96. The van der Waals surface area contributed by atoms with E-state index in [9.17, 15) is 10.1 Å². The number of hydrogen-bond acceptors (Lipinski definition) is 4. The molecule has 0 aromatic heterocycles. The molecule has 0 amide bonds. The van der Waals surface area contributed by atoms with Crippen LogP contribution in [0.5, 0.6) is 5.75 Å². The van der Waals surface area contributed by atoms with Crippen molar-refractivity contribution in [1.29, 1.82) is 0 Å². The highest BCUT2D eigenvalue weighted by Crippen LogP contribution is 2.17. The van der Waals surface area contributed by atoms with Gasteiger partial charge in [0.15, 0.2) is 5.11 Å². The van der Waals surface area contributed by atoms with E-state index in [1.165, 1.54) is 12.1 Å². The van der Waals surface area contributed by atoms with Crippen LogP contribution in [0.15, 0.2) is 48.5 Å². The quantitative estimate of drug-likeness (QED) is 0.514. The number of nitro groups is 1. The Labute approximate surface area is 139 Å². The van der Waals surface area contributed by atoms with Crippen LogP contribution in [0.4, 0.5) is 11.4 Å². The molecule has 0 radical (unpaired) electrons. The molecular formula is C16H17N3O3S. The van der Waals surface area contributed by atoms with Crippen molar-refractivity contribution in [3.8, 4) is 5.75 Å². The van der Waals surface area contributed by atoms with Crippen molar-refractivity contribution in [2.45, 2.75) is 6.54 Å². The number of rotatable bonds is 5. The Kier molecular flexibility index (Phi) is 5.48. The van der Waals surface area contributed by atoms with Crippen LogP contribution in [-0.4, -0.2) is 29.1 Å². The maximum Gasteiger partial charge on any atom is 0.269 e. The molecular weight excluding hydrogens is 314 g/mol. The number of hydrogen-bond donors (Lipinski definition) is 1. The predicted molar refractivity (Wildman–Crippen MR) is 93.8 cm³/mol. The molecule has 2 aromatic carbocycles. The van der Waals surface area contributed by atoms with Crippen molar-refractivity contribution in [2.75, 3.05) is 19.5 Å². The van der Waals surface area contributed by atoms with Gasteiger partial charge in [-0.3, -0.25) is 10.1 Å². The highest BCUT2D eigenvalue weighted by Gasteiger charge is 2.08. The summed E-state index contributed by atoms with van der Waals surface area (Å²) in [6.45, 7) is 0.642. The standard InChI is InChI=1S/C16H17N3O3S/c1-18(11-12-3-9-15(22-2)10-4-12)16(23)17-13-5-7-14(8-6-13)19(20)21/h3-10H,11H2,1-2H3,(H,17,23). The Bertz CT molecular complexity index is 687. The van der Waals surface area contributed by atoms with Gasteiger partial charge in [-0.1, -0.05) is 12.1 Å². The summed E-state index contributed by atoms with van der Waals surface area (Å²) >= 11 is 5.35. The van der Waals surface area contributed by atoms with Crippen LogP contribution in [0.25, 0.3) is 0 Å². The van der Waals surface area contributed by atoms with Crippen LogP contribution in [-0.2, 0) is 6.54 Å². The lowest BCUT2D eigenvalue weighted by Crippen LogP contribution is -2.30. The molecule has 23 heavy (non-hydrogen) atoms. The van der Waals surface area contributed by atoms with Crippen LogP contribution in [0, 0.1) is 10.1 Å². The van der Waals surface area contributed by atoms with E-state index in [-0.39, 0.29) is 5.69 Å². The Balaban J connectivity index is 1.94. The smallest absolute Gasteiger partial charge is 0.269 e. The largest absolute Gasteiger partial charge is 0.497 e. The summed E-state index contributed by atoms with van der Waals surface area (Å²) in [5, 5.41) is 14.2. The summed E-state index contributed by atoms with van der Waals surface area (Å²) < 4.78 is 5.13. The summed E-state index contributed by atoms with van der Waals surface area (Å²) in [6.07, 6.45) is 0. The van der Waals surface area contributed by atoms with Crippen molar-refractivity contribution in [1.82, 2.24) is 4.90 Å². The fourth-order valence-corrected chi connectivity index (χ4v) is 2.14. The highest BCUT2D eigenvalue weighted by atomic mass is 32.1. The molecule has 0 saturated carbocycles. The van der Waals surface area contributed by atoms with E-state index < -0.39 is 4.92 Å². The number of non-ortho nitro benzene ring substituents is 1. The van der Waals surface area contributed by atoms with Crippen molar-refractivity contribution in [3.05, 3.63) is 64.2 Å². The lowest BCUT2D eigenvalue weighted by molar-refractivity contribution is -0.384. The van der Waals surface area contributed by atoms with Gasteiger partial charge in [0.1, 0.15) is 5.75 Å². The third-order valence-electron chi connectivity index (χ3n) is 3.25. The topological polar surface area (TPSA) is 67.6 Å². The first-order valence-electron chi connectivity index (χ1n) is 6.89. The van der Waals surface area contributed by atoms with Crippen molar-refractivity contribution < 1.29 is 9.66 Å². The van der Waals surface area contributed by atoms with Gasteiger partial charge in [0.25, 0.3) is 5.69 Å². The van der Waals surface area contributed by atoms with Gasteiger partial charge < -0.3 is 15.0 Å². The molecule has 2 aromatic rings. The zero-order chi connectivity index (χ0) is 16.8. The zero-order valence-electron chi connectivity index (χ0n) is 12.9. The Morgan fingerprint density at radius 2 is 1.83 bits per heavy atom. The first kappa shape index (κ1) is 16.7. The van der Waals surface area contributed by atoms with E-state index in [2.05, 4.69) is 5.32 Å². The number of nitro benzene ring substituents is 1. The monoisotopic (exact) mass is 331 g/mol. The molecule has 0 spiro atoms. The van der Waals surface area contributed by atoms with Crippen molar-refractivity contribution >= 4 is 28.7 Å². The van der Waals surface area contributed by atoms with E-state index in [1.54, 1.807) is 19.2 Å². The van der Waals surface area contributed by atoms with Gasteiger partial charge in [-0.05, 0) is 42.0 Å². The van der Waals surface area contributed by atoms with Gasteiger partial charge in [0.2, 0.25) is 0 Å². The van der Waals surface area contributed by atoms with Crippen LogP contribution in [0.1, 0.15) is 5.56 Å². The summed E-state index contributed by atoms with van der Waals surface area (Å²) in [7, 11) is 3.51. The molecule has 0 saturated heterocycles. The molecule has 0 aliphatic heterocycles. The number of nitrogens with one attached hydrogen (secondary N) is 1. The van der Waals surface area contributed by atoms with Crippen LogP contribution < -0.4 is 10.1 Å². The minimum absolute atomic E-state index is 0.0491. The van der Waals surface area contributed by atoms with Crippen LogP contribution in [0.2, 0.25) is 0 Å². The molecule has 0 unspecified atom stereocenters. The molecule has 2 rings (SSSR count). The summed E-state index contributed by atoms with van der Waals surface area (Å²) in [4.78, 5) is 12.1. The van der Waals surface area contributed by atoms with E-state index in [4.69, 9.17) is 17.0 Å². The number of methoxy groups -OCH3 is 1. The van der Waals surface area contributed by atoms with E-state index in [0.717, 1.165) is 11.3 Å². The second-order valence-corrected chi connectivity index (χ2v) is 5.32. The molecule has 0 heterocycles. The third-order valence-corrected chi connectivity index (χ3v) is 3.67. The predicted octanol–water partition coefficient (Wildman–Crippen LogP) is 3.43. The molecule has 0 fully saturated rings. The highest BCUT2D eigenvalue weighted by molar-refractivity contribution is 7.80. The Morgan fingerprint density at radius 3 is 2.35 bits per heavy atom. The third kappa shape index (κ3) is 4.65. The Hall–Kier alpha value is -2.67. The molecule has 6 nitrogen and oxygen atoms in total. The van der Waals surface area contributed by atoms with Crippen molar-refractivity contribution in [2.24, 2.45) is 0 Å². The minimum atomic E-state index is -0.433. The summed E-state index contributed by atoms with van der Waals surface area (Å²) in [5.41, 5.74) is 1.86. The van der Waals surface area contributed by atoms with E-state index >= 15 is 0 Å². The van der Waals surface area contributed by atoms with Crippen molar-refractivity contribution in [3.63, 3.8) is 0 Å². The van der Waals surface area contributed by atoms with Gasteiger partial charge >= 0.3 is 0 Å². The fraction of sp³-hybridized carbons (Fsp3) is 0.188. The SMILES string of the molecule is COc1ccc(CN(C)C(=S)Nc2ccc([N+](=O)[O-])cc2)cc1. The molecule has 1 N–H and O–H groups in total. The molecule has 0 aliphatic rings. The molecule has 0 bridgehead atoms. The van der Waals surface area contributed by atoms with Crippen LogP contribution >= 0.6 is 12.2 Å². The van der Waals surface area contributed by atoms with Gasteiger partial charge in [0.05, 0.1) is 12.0 Å². The van der Waals surface area contributed by atoms with Gasteiger partial charge in [-0.25, -0.2) is 0 Å². The van der Waals surface area contributed by atoms with E-state index in [1.807, 2.05) is 36.2 Å². The van der Waals surface area contributed by atoms with Gasteiger partial charge in [-0.15, -0.1) is 0 Å². The van der Waals surface area contributed by atoms with E-state index in [0.29, 0.717) is 17.3 Å².